The molecule has 0 aliphatic heterocycles. The van der Waals surface area contributed by atoms with E-state index in [1.807, 2.05) is 0 Å². The minimum Gasteiger partial charge on any atom is -0.368 e. The summed E-state index contributed by atoms with van der Waals surface area (Å²) in [4.78, 5) is 11.4. The summed E-state index contributed by atoms with van der Waals surface area (Å²) in [5, 5.41) is 0. The molecule has 48 valence electrons. The van der Waals surface area contributed by atoms with Crippen molar-refractivity contribution in [3.8, 4) is 0 Å². The van der Waals surface area contributed by atoms with Gasteiger partial charge in [-0.2, -0.15) is 9.97 Å². The molecule has 4 nitrogen and oxygen atoms in total. The molecule has 9 heavy (non-hydrogen) atoms. The third kappa shape index (κ3) is 1.57. The number of nitrogens with zero attached hydrogens (tertiary/aromatic N) is 3. The first-order chi connectivity index (χ1) is 4.18. The molecule has 0 fully saturated rings. The third-order valence-electron chi connectivity index (χ3n) is 0.782. The van der Waals surface area contributed by atoms with Crippen LogP contribution in [0.2, 0.25) is 0 Å². The number of rotatable bonds is 0. The molecule has 0 saturated heterocycles. The fourth-order valence-corrected chi connectivity index (χ4v) is 0.843. The van der Waals surface area contributed by atoms with Crippen LogP contribution >= 0.6 is 9.24 Å². The van der Waals surface area contributed by atoms with Gasteiger partial charge in [-0.15, -0.1) is 0 Å². The molecule has 0 aliphatic carbocycles. The fourth-order valence-electron chi connectivity index (χ4n) is 0.524. The maximum atomic E-state index is 5.28. The van der Waals surface area contributed by atoms with Gasteiger partial charge in [0.15, 0.2) is 5.57 Å². The molecule has 0 radical (unpaired) electrons. The maximum absolute atomic E-state index is 5.28. The van der Waals surface area contributed by atoms with E-state index < -0.39 is 0 Å². The van der Waals surface area contributed by atoms with Crippen LogP contribution < -0.4 is 11.3 Å². The summed E-state index contributed by atoms with van der Waals surface area (Å²) in [7, 11) is 2.36. The van der Waals surface area contributed by atoms with Crippen molar-refractivity contribution in [2.24, 2.45) is 0 Å². The van der Waals surface area contributed by atoms with Crippen LogP contribution in [0.15, 0.2) is 0 Å². The summed E-state index contributed by atoms with van der Waals surface area (Å²) >= 11 is 0. The number of aryl methyl sites for hydroxylation is 1. The second-order valence-corrected chi connectivity index (χ2v) is 2.12. The average Bonchev–Trinajstić information content (AvgIpc) is 1.59. The number of nitrogens with two attached hydrogens (primary N) is 1. The minimum atomic E-state index is 0.271. The van der Waals surface area contributed by atoms with Gasteiger partial charge in [0.1, 0.15) is 5.82 Å². The van der Waals surface area contributed by atoms with Crippen molar-refractivity contribution in [1.29, 1.82) is 0 Å². The second kappa shape index (κ2) is 2.23. The van der Waals surface area contributed by atoms with E-state index in [0.29, 0.717) is 11.4 Å². The van der Waals surface area contributed by atoms with Crippen molar-refractivity contribution in [2.45, 2.75) is 6.92 Å². The van der Waals surface area contributed by atoms with Crippen molar-refractivity contribution in [3.63, 3.8) is 0 Å². The lowest BCUT2D eigenvalue weighted by Gasteiger charge is -1.93. The zero-order chi connectivity index (χ0) is 6.85. The van der Waals surface area contributed by atoms with Crippen molar-refractivity contribution in [2.75, 3.05) is 5.73 Å². The molecule has 1 aromatic rings. The number of anilines is 1. The summed E-state index contributed by atoms with van der Waals surface area (Å²) < 4.78 is 0. The van der Waals surface area contributed by atoms with Crippen molar-refractivity contribution >= 4 is 20.8 Å². The third-order valence-corrected chi connectivity index (χ3v) is 1.04. The zero-order valence-electron chi connectivity index (χ0n) is 5.00. The highest BCUT2D eigenvalue weighted by atomic mass is 31.0. The predicted molar refractivity (Wildman–Crippen MR) is 38.3 cm³/mol. The van der Waals surface area contributed by atoms with Gasteiger partial charge in [0.25, 0.3) is 0 Å². The average molecular weight is 142 g/mol. The van der Waals surface area contributed by atoms with E-state index in [4.69, 9.17) is 5.73 Å². The van der Waals surface area contributed by atoms with Gasteiger partial charge < -0.3 is 5.73 Å². The Balaban J connectivity index is 3.17. The molecular weight excluding hydrogens is 135 g/mol. The highest BCUT2D eigenvalue weighted by Crippen LogP contribution is 1.88. The molecule has 5 heteroatoms. The molecule has 0 saturated carbocycles. The normalized spacial score (nSPS) is 9.56. The van der Waals surface area contributed by atoms with Gasteiger partial charge in [0.2, 0.25) is 5.95 Å². The molecule has 0 bridgehead atoms. The van der Waals surface area contributed by atoms with Crippen LogP contribution in [0.25, 0.3) is 0 Å². The monoisotopic (exact) mass is 142 g/mol. The van der Waals surface area contributed by atoms with Gasteiger partial charge in [-0.3, -0.25) is 0 Å². The lowest BCUT2D eigenvalue weighted by atomic mass is 10.7. The van der Waals surface area contributed by atoms with Gasteiger partial charge in [0, 0.05) is 0 Å². The Morgan fingerprint density at radius 1 is 1.33 bits per heavy atom. The van der Waals surface area contributed by atoms with E-state index in [1.165, 1.54) is 0 Å². The highest BCUT2D eigenvalue weighted by Gasteiger charge is 1.92. The summed E-state index contributed by atoms with van der Waals surface area (Å²) in [6.45, 7) is 1.77. The van der Waals surface area contributed by atoms with E-state index in [-0.39, 0.29) is 5.95 Å². The quantitative estimate of drug-likeness (QED) is 0.484. The molecule has 1 unspecified atom stereocenters. The van der Waals surface area contributed by atoms with E-state index >= 15 is 0 Å². The Labute approximate surface area is 55.1 Å². The predicted octanol–water partition coefficient (Wildman–Crippen LogP) is -0.737. The molecule has 2 N–H and O–H groups in total. The van der Waals surface area contributed by atoms with E-state index in [9.17, 15) is 0 Å². The number of aromatic nitrogens is 3. The molecular formula is C4H7N4P. The standard InChI is InChI=1S/C4H7N4P/c1-2-6-3(5)8-4(9)7-2/h9H2,1H3,(H2,5,6,7,8). The molecule has 0 aromatic carbocycles. The smallest absolute Gasteiger partial charge is 0.223 e. The maximum Gasteiger partial charge on any atom is 0.223 e. The molecule has 0 aliphatic rings. The van der Waals surface area contributed by atoms with E-state index in [2.05, 4.69) is 24.2 Å². The van der Waals surface area contributed by atoms with E-state index in [0.717, 1.165) is 0 Å². The molecule has 1 rings (SSSR count). The Hall–Kier alpha value is -0.760. The summed E-state index contributed by atoms with van der Waals surface area (Å²) in [6.07, 6.45) is 0. The first-order valence-corrected chi connectivity index (χ1v) is 3.00. The van der Waals surface area contributed by atoms with Crippen LogP contribution in [0.5, 0.6) is 0 Å². The SMILES string of the molecule is Cc1nc(N)nc(P)n1. The lowest BCUT2D eigenvalue weighted by Crippen LogP contribution is -2.10. The summed E-state index contributed by atoms with van der Waals surface area (Å²) in [5.41, 5.74) is 5.87. The number of nitrogen functional groups attached to an aromatic ring is 1. The Kier molecular flexibility index (Phi) is 1.58. The first kappa shape index (κ1) is 6.36. The molecule has 0 amide bonds. The molecule has 1 atom stereocenters. The summed E-state index contributed by atoms with van der Waals surface area (Å²) in [5.74, 6) is 0.917. The van der Waals surface area contributed by atoms with Crippen LogP contribution in [-0.2, 0) is 0 Å². The van der Waals surface area contributed by atoms with Gasteiger partial charge in [-0.05, 0) is 6.92 Å². The fraction of sp³-hybridized carbons (Fsp3) is 0.250. The number of hydrogen-bond acceptors (Lipinski definition) is 4. The zero-order valence-corrected chi connectivity index (χ0v) is 6.15. The minimum absolute atomic E-state index is 0.271. The van der Waals surface area contributed by atoms with Gasteiger partial charge >= 0.3 is 0 Å². The Bertz CT molecular complexity index is 173. The van der Waals surface area contributed by atoms with Crippen molar-refractivity contribution in [3.05, 3.63) is 5.82 Å². The molecule has 0 spiro atoms. The van der Waals surface area contributed by atoms with Gasteiger partial charge in [0.05, 0.1) is 0 Å². The Morgan fingerprint density at radius 3 is 2.44 bits per heavy atom. The van der Waals surface area contributed by atoms with Crippen molar-refractivity contribution in [1.82, 2.24) is 15.0 Å². The largest absolute Gasteiger partial charge is 0.368 e. The second-order valence-electron chi connectivity index (χ2n) is 1.60. The van der Waals surface area contributed by atoms with Gasteiger partial charge in [-0.1, -0.05) is 9.24 Å². The first-order valence-electron chi connectivity index (χ1n) is 2.42. The van der Waals surface area contributed by atoms with Crippen LogP contribution in [0.3, 0.4) is 0 Å². The topological polar surface area (TPSA) is 64.7 Å². The van der Waals surface area contributed by atoms with Crippen LogP contribution in [0.4, 0.5) is 5.95 Å². The van der Waals surface area contributed by atoms with Crippen LogP contribution in [-0.4, -0.2) is 15.0 Å². The molecule has 1 heterocycles. The highest BCUT2D eigenvalue weighted by molar-refractivity contribution is 7.26. The van der Waals surface area contributed by atoms with E-state index in [1.54, 1.807) is 6.92 Å². The number of hydrogen-bond donors (Lipinski definition) is 1. The lowest BCUT2D eigenvalue weighted by molar-refractivity contribution is 1.02. The summed E-state index contributed by atoms with van der Waals surface area (Å²) in [6, 6.07) is 0. The van der Waals surface area contributed by atoms with Gasteiger partial charge in [-0.25, -0.2) is 4.98 Å². The van der Waals surface area contributed by atoms with Crippen LogP contribution in [0.1, 0.15) is 5.82 Å². The van der Waals surface area contributed by atoms with Crippen LogP contribution in [0, 0.1) is 6.92 Å². The Morgan fingerprint density at radius 2 is 2.00 bits per heavy atom. The molecule has 1 aromatic heterocycles. The van der Waals surface area contributed by atoms with Crippen molar-refractivity contribution < 1.29 is 0 Å².